The van der Waals surface area contributed by atoms with E-state index in [9.17, 15) is 9.59 Å². The van der Waals surface area contributed by atoms with Crippen molar-refractivity contribution in [3.63, 3.8) is 0 Å². The van der Waals surface area contributed by atoms with E-state index >= 15 is 0 Å². The van der Waals surface area contributed by atoms with Gasteiger partial charge in [-0.25, -0.2) is 0 Å². The normalized spacial score (nSPS) is 20.1. The maximum absolute atomic E-state index is 11.6. The molecule has 1 aliphatic rings. The number of amides is 1. The molecule has 1 amide bonds. The lowest BCUT2D eigenvalue weighted by Gasteiger charge is -2.07. The van der Waals surface area contributed by atoms with Crippen molar-refractivity contribution < 1.29 is 19.1 Å². The number of esters is 1. The first-order valence-corrected chi connectivity index (χ1v) is 6.66. The van der Waals surface area contributed by atoms with Gasteiger partial charge in [-0.3, -0.25) is 9.59 Å². The molecule has 0 bridgehead atoms. The molecule has 2 rings (SSSR count). The molecule has 0 saturated heterocycles. The summed E-state index contributed by atoms with van der Waals surface area (Å²) in [5.74, 6) is 0.598. The zero-order chi connectivity index (χ0) is 14.5. The molecule has 2 atom stereocenters. The van der Waals surface area contributed by atoms with Crippen molar-refractivity contribution in [2.24, 2.45) is 11.8 Å². The summed E-state index contributed by atoms with van der Waals surface area (Å²) in [6.45, 7) is 2.19. The van der Waals surface area contributed by atoms with Gasteiger partial charge in [0.2, 0.25) is 0 Å². The Kier molecular flexibility index (Phi) is 4.61. The smallest absolute Gasteiger partial charge is 0.309 e. The van der Waals surface area contributed by atoms with E-state index in [1.807, 2.05) is 31.2 Å². The topological polar surface area (TPSA) is 64.6 Å². The lowest BCUT2D eigenvalue weighted by Crippen LogP contribution is -2.28. The van der Waals surface area contributed by atoms with E-state index < -0.39 is 0 Å². The van der Waals surface area contributed by atoms with Gasteiger partial charge in [-0.1, -0.05) is 19.1 Å². The van der Waals surface area contributed by atoms with Crippen molar-refractivity contribution in [1.82, 2.24) is 5.32 Å². The zero-order valence-corrected chi connectivity index (χ0v) is 11.7. The Labute approximate surface area is 118 Å². The number of hydrogen-bond donors (Lipinski definition) is 1. The first kappa shape index (κ1) is 14.4. The van der Waals surface area contributed by atoms with Gasteiger partial charge in [-0.2, -0.15) is 0 Å². The molecule has 0 aliphatic heterocycles. The molecule has 1 fully saturated rings. The Morgan fingerprint density at radius 1 is 1.30 bits per heavy atom. The second kappa shape index (κ2) is 6.41. The summed E-state index contributed by atoms with van der Waals surface area (Å²) < 4.78 is 10.0. The van der Waals surface area contributed by atoms with Gasteiger partial charge < -0.3 is 14.8 Å². The van der Waals surface area contributed by atoms with Crippen LogP contribution in [0, 0.1) is 11.8 Å². The fraction of sp³-hybridized carbons (Fsp3) is 0.467. The maximum Gasteiger partial charge on any atom is 0.309 e. The van der Waals surface area contributed by atoms with Gasteiger partial charge in [-0.05, 0) is 30.0 Å². The third-order valence-electron chi connectivity index (χ3n) is 3.41. The molecular weight excluding hydrogens is 258 g/mol. The summed E-state index contributed by atoms with van der Waals surface area (Å²) in [4.78, 5) is 23.0. The van der Waals surface area contributed by atoms with Crippen LogP contribution in [0.25, 0.3) is 0 Å². The van der Waals surface area contributed by atoms with Crippen LogP contribution in [-0.2, 0) is 20.9 Å². The molecule has 0 aromatic heterocycles. The van der Waals surface area contributed by atoms with Gasteiger partial charge in [0.1, 0.15) is 5.75 Å². The monoisotopic (exact) mass is 277 g/mol. The van der Waals surface area contributed by atoms with Crippen LogP contribution in [0.4, 0.5) is 0 Å². The van der Waals surface area contributed by atoms with Gasteiger partial charge in [0, 0.05) is 6.54 Å². The predicted octanol–water partition coefficient (Wildman–Crippen LogP) is 1.51. The van der Waals surface area contributed by atoms with Crippen LogP contribution in [0.5, 0.6) is 5.75 Å². The molecule has 0 heterocycles. The quantitative estimate of drug-likeness (QED) is 0.801. The fourth-order valence-corrected chi connectivity index (χ4v) is 1.89. The highest BCUT2D eigenvalue weighted by Gasteiger charge is 2.40. The number of methoxy groups -OCH3 is 1. The number of rotatable bonds is 6. The van der Waals surface area contributed by atoms with Crippen molar-refractivity contribution in [2.45, 2.75) is 19.9 Å². The minimum Gasteiger partial charge on any atom is -0.497 e. The first-order valence-electron chi connectivity index (χ1n) is 6.66. The summed E-state index contributed by atoms with van der Waals surface area (Å²) in [7, 11) is 1.60. The minimum atomic E-state index is -0.289. The van der Waals surface area contributed by atoms with Gasteiger partial charge in [0.25, 0.3) is 5.91 Å². The van der Waals surface area contributed by atoms with Gasteiger partial charge in [0.15, 0.2) is 6.61 Å². The van der Waals surface area contributed by atoms with Crippen molar-refractivity contribution in [2.75, 3.05) is 13.7 Å². The molecule has 20 heavy (non-hydrogen) atoms. The lowest BCUT2D eigenvalue weighted by atomic mass is 10.2. The summed E-state index contributed by atoms with van der Waals surface area (Å²) in [6, 6.07) is 7.40. The predicted molar refractivity (Wildman–Crippen MR) is 73.1 cm³/mol. The number of nitrogens with one attached hydrogen (secondary N) is 1. The fourth-order valence-electron chi connectivity index (χ4n) is 1.89. The molecule has 5 nitrogen and oxygen atoms in total. The molecule has 1 saturated carbocycles. The van der Waals surface area contributed by atoms with E-state index in [0.717, 1.165) is 17.7 Å². The van der Waals surface area contributed by atoms with Crippen molar-refractivity contribution in [3.05, 3.63) is 29.8 Å². The van der Waals surface area contributed by atoms with Gasteiger partial charge in [-0.15, -0.1) is 0 Å². The molecule has 5 heteroatoms. The molecule has 1 N–H and O–H groups in total. The summed E-state index contributed by atoms with van der Waals surface area (Å²) in [5, 5.41) is 2.71. The van der Waals surface area contributed by atoms with E-state index in [-0.39, 0.29) is 24.4 Å². The zero-order valence-electron chi connectivity index (χ0n) is 11.7. The lowest BCUT2D eigenvalue weighted by molar-refractivity contribution is -0.150. The van der Waals surface area contributed by atoms with E-state index in [4.69, 9.17) is 9.47 Å². The molecule has 0 unspecified atom stereocenters. The van der Waals surface area contributed by atoms with E-state index in [1.165, 1.54) is 0 Å². The molecular formula is C15H19NO4. The standard InChI is InChI=1S/C15H19NO4/c1-10-7-13(10)15(18)20-9-14(17)16-8-11-3-5-12(19-2)6-4-11/h3-6,10,13H,7-9H2,1-2H3,(H,16,17)/t10-,13+/m0/s1. The van der Waals surface area contributed by atoms with Crippen LogP contribution < -0.4 is 10.1 Å². The van der Waals surface area contributed by atoms with Crippen LogP contribution in [0.15, 0.2) is 24.3 Å². The average Bonchev–Trinajstić information content (AvgIpc) is 3.20. The molecule has 1 aromatic carbocycles. The third-order valence-corrected chi connectivity index (χ3v) is 3.41. The highest BCUT2D eigenvalue weighted by Crippen LogP contribution is 2.38. The molecule has 0 radical (unpaired) electrons. The van der Waals surface area contributed by atoms with Crippen LogP contribution >= 0.6 is 0 Å². The SMILES string of the molecule is COc1ccc(CNC(=O)COC(=O)[C@@H]2C[C@@H]2C)cc1. The van der Waals surface area contributed by atoms with E-state index in [2.05, 4.69) is 5.32 Å². The Hall–Kier alpha value is -2.04. The second-order valence-corrected chi connectivity index (χ2v) is 5.05. The van der Waals surface area contributed by atoms with Crippen molar-refractivity contribution in [3.8, 4) is 5.75 Å². The molecule has 0 spiro atoms. The second-order valence-electron chi connectivity index (χ2n) is 5.05. The first-order chi connectivity index (χ1) is 9.60. The van der Waals surface area contributed by atoms with Crippen LogP contribution in [0.3, 0.4) is 0 Å². The van der Waals surface area contributed by atoms with Gasteiger partial charge in [0.05, 0.1) is 13.0 Å². The summed E-state index contributed by atoms with van der Waals surface area (Å²) in [5.41, 5.74) is 0.960. The number of carbonyl (C=O) groups excluding carboxylic acids is 2. The Balaban J connectivity index is 1.67. The average molecular weight is 277 g/mol. The molecule has 1 aromatic rings. The highest BCUT2D eigenvalue weighted by molar-refractivity contribution is 5.82. The summed E-state index contributed by atoms with van der Waals surface area (Å²) >= 11 is 0. The largest absolute Gasteiger partial charge is 0.497 e. The van der Waals surface area contributed by atoms with Crippen LogP contribution in [-0.4, -0.2) is 25.6 Å². The van der Waals surface area contributed by atoms with Crippen LogP contribution in [0.1, 0.15) is 18.9 Å². The Morgan fingerprint density at radius 3 is 2.50 bits per heavy atom. The highest BCUT2D eigenvalue weighted by atomic mass is 16.5. The van der Waals surface area contributed by atoms with E-state index in [0.29, 0.717) is 12.5 Å². The number of hydrogen-bond acceptors (Lipinski definition) is 4. The van der Waals surface area contributed by atoms with Gasteiger partial charge >= 0.3 is 5.97 Å². The van der Waals surface area contributed by atoms with Crippen molar-refractivity contribution in [1.29, 1.82) is 0 Å². The maximum atomic E-state index is 11.6. The number of carbonyl (C=O) groups is 2. The molecule has 1 aliphatic carbocycles. The summed E-state index contributed by atoms with van der Waals surface area (Å²) in [6.07, 6.45) is 0.867. The minimum absolute atomic E-state index is 0.00983. The molecule has 108 valence electrons. The van der Waals surface area contributed by atoms with Crippen molar-refractivity contribution >= 4 is 11.9 Å². The third kappa shape index (κ3) is 3.98. The number of benzene rings is 1. The number of ether oxygens (including phenoxy) is 2. The van der Waals surface area contributed by atoms with E-state index in [1.54, 1.807) is 7.11 Å². The Morgan fingerprint density at radius 2 is 1.95 bits per heavy atom. The Bertz CT molecular complexity index is 483. The van der Waals surface area contributed by atoms with Crippen LogP contribution in [0.2, 0.25) is 0 Å².